The van der Waals surface area contributed by atoms with Crippen molar-refractivity contribution in [3.05, 3.63) is 169 Å². The second-order valence-electron chi connectivity index (χ2n) is 16.4. The fourth-order valence-electron chi connectivity index (χ4n) is 6.25. The van der Waals surface area contributed by atoms with Crippen LogP contribution in [0.25, 0.3) is 0 Å². The van der Waals surface area contributed by atoms with Crippen LogP contribution in [0.5, 0.6) is 0 Å². The lowest BCUT2D eigenvalue weighted by molar-refractivity contribution is -0.921. The average molecular weight is 1730 g/mol. The van der Waals surface area contributed by atoms with Gasteiger partial charge in [0.25, 0.3) is 0 Å². The van der Waals surface area contributed by atoms with E-state index in [9.17, 15) is 60.7 Å². The van der Waals surface area contributed by atoms with Crippen molar-refractivity contribution in [2.24, 2.45) is 5.14 Å². The number of halogens is 8. The number of nitrogens with zero attached hydrogens (tertiary/aromatic N) is 8. The first kappa shape index (κ1) is 69.9. The van der Waals surface area contributed by atoms with Crippen LogP contribution in [0.4, 0.5) is 56.8 Å². The summed E-state index contributed by atoms with van der Waals surface area (Å²) in [6, 6.07) is 12.1. The molecule has 40 heteroatoms. The molecular formula is C43H42Br8N16O13S3+2. The Morgan fingerprint density at radius 2 is 1.16 bits per heavy atom. The molecule has 2 aliphatic heterocycles. The number of fused-ring (bicyclic) bond motifs is 2. The minimum atomic E-state index is -3.85. The van der Waals surface area contributed by atoms with Gasteiger partial charge >= 0.3 is 17.7 Å². The maximum Gasteiger partial charge on any atom is 0.563 e. The van der Waals surface area contributed by atoms with Gasteiger partial charge in [0.1, 0.15) is 27.3 Å². The Kier molecular flexibility index (Phi) is 25.3. The molecule has 83 heavy (non-hydrogen) atoms. The molecule has 0 saturated carbocycles. The van der Waals surface area contributed by atoms with Crippen LogP contribution in [-0.2, 0) is 47.3 Å². The van der Waals surface area contributed by atoms with Gasteiger partial charge in [-0.3, -0.25) is 45.4 Å². The van der Waals surface area contributed by atoms with Gasteiger partial charge in [-0.2, -0.15) is 0 Å². The fraction of sp³-hybridized carbons (Fsp3) is 0.140. The molecule has 8 heterocycles. The molecule has 29 nitrogen and oxygen atoms in total. The van der Waals surface area contributed by atoms with Crippen LogP contribution in [0, 0.1) is 41.0 Å². The zero-order chi connectivity index (χ0) is 62.6. The van der Waals surface area contributed by atoms with Crippen LogP contribution in [0.2, 0.25) is 0 Å². The molecule has 0 atom stereocenters. The van der Waals surface area contributed by atoms with Crippen LogP contribution in [0.1, 0.15) is 33.4 Å². The third-order valence-electron chi connectivity index (χ3n) is 10.1. The van der Waals surface area contributed by atoms with Gasteiger partial charge in [-0.25, -0.2) is 55.1 Å². The van der Waals surface area contributed by atoms with E-state index in [0.717, 1.165) is 26.3 Å². The summed E-state index contributed by atoms with van der Waals surface area (Å²) in [6.07, 6.45) is 8.53. The number of nitrogens with one attached hydrogen (secondary N) is 4. The summed E-state index contributed by atoms with van der Waals surface area (Å²) < 4.78 is 77.0. The number of pyridine rings is 6. The Balaban J connectivity index is 0.000000220. The summed E-state index contributed by atoms with van der Waals surface area (Å²) in [5.74, 6) is -0.392. The van der Waals surface area contributed by atoms with Crippen LogP contribution < -0.4 is 51.9 Å². The molecule has 2 amide bonds. The Morgan fingerprint density at radius 3 is 1.65 bits per heavy atom. The summed E-state index contributed by atoms with van der Waals surface area (Å²) in [5.41, 5.74) is 21.8. The molecule has 1 aromatic carbocycles. The number of carbonyl (C=O) groups is 1. The van der Waals surface area contributed by atoms with Gasteiger partial charge in [-0.1, -0.05) is 18.2 Å². The summed E-state index contributed by atoms with van der Waals surface area (Å²) in [5, 5.41) is 49.7. The van der Waals surface area contributed by atoms with Crippen molar-refractivity contribution in [3.8, 4) is 0 Å². The number of rotatable bonds is 6. The lowest BCUT2D eigenvalue weighted by atomic mass is 10.2. The number of hydrogen-bond acceptors (Lipinski definition) is 20. The molecule has 2 aliphatic rings. The second kappa shape index (κ2) is 30.0. The monoisotopic (exact) mass is 1720 g/mol. The van der Waals surface area contributed by atoms with Crippen molar-refractivity contribution < 1.29 is 59.8 Å². The molecule has 0 spiro atoms. The topological polar surface area (TPSA) is 458 Å². The lowest BCUT2D eigenvalue weighted by Crippen LogP contribution is -2.34. The standard InChI is InChI=1S/C13H11BrN4O3S.C6H6Br2N3O5S.C6H5Br2N2O3.C6H6Br2N2.C6H6BrN3O2S.C6H8N2/c14-10-6-15-12(11-9(10)7-22(20,21)18-11)17-13(19)16-8-4-2-1-3-5-8;7-4-1-10(12)6(11(13)14)5(8)3(4)2-17(9,15)16;1-3-4(7)2-9(11)6(5(3)8)10(12)13;1-3-4(7)2-10-6(9)5(3)8;7-4-1-9-6(8)5-3(4)2-13(11,12)10-5;1-5-2-3-8-6(7)4-5/h1-6,18H,7H2,(H2,15,16,17,19);1,12H,2H2,(H2,9,15,16);2,11H,1H3;2H,1H3,(H2,9,10);1,10H,2H2,(H2,8,9);2-4H,1H3,(H2,7,8)/q;2*+1;;;. The number of aryl methyl sites for hydroxylation is 1. The first-order valence-electron chi connectivity index (χ1n) is 21.9. The zero-order valence-corrected chi connectivity index (χ0v) is 57.3. The highest BCUT2D eigenvalue weighted by atomic mass is 79.9. The summed E-state index contributed by atoms with van der Waals surface area (Å²) in [6.45, 7) is 5.64. The first-order valence-corrected chi connectivity index (χ1v) is 33.3. The van der Waals surface area contributed by atoms with Gasteiger partial charge in [-0.05, 0) is 189 Å². The number of benzene rings is 1. The molecule has 0 radical (unpaired) electrons. The minimum Gasteiger partial charge on any atom is -0.384 e. The number of anilines is 7. The molecule has 0 unspecified atom stereocenters. The molecule has 9 rings (SSSR count). The van der Waals surface area contributed by atoms with Gasteiger partial charge in [0.15, 0.2) is 14.8 Å². The van der Waals surface area contributed by atoms with Gasteiger partial charge in [0, 0.05) is 60.6 Å². The molecule has 6 aromatic heterocycles. The summed E-state index contributed by atoms with van der Waals surface area (Å²) >= 11 is 25.1. The number of nitrogen functional groups attached to an aromatic ring is 3. The number of sulfonamides is 3. The lowest BCUT2D eigenvalue weighted by Gasteiger charge is -2.10. The predicted octanol–water partition coefficient (Wildman–Crippen LogP) is 9.28. The van der Waals surface area contributed by atoms with Gasteiger partial charge < -0.3 is 22.5 Å². The molecular weight excluding hydrogens is 1680 g/mol. The quantitative estimate of drug-likeness (QED) is 0.0321. The SMILES string of the molecule is Cc1c(Br)c[n+](O)c([N+](=O)[O-])c1Br.Cc1c(Br)cnc(N)c1Br.Cc1ccnc(N)c1.NS(=O)(=O)Cc1c(Br)c[n+](O)c([N+](=O)[O-])c1Br.Nc1ncc(Br)c2c1NS(=O)(=O)C2.O=C(Nc1ccccc1)Nc1ncc(Br)c2c1NS(=O)(=O)C2. The Hall–Kier alpha value is -5.56. The van der Waals surface area contributed by atoms with Crippen LogP contribution in [0.15, 0.2) is 115 Å². The van der Waals surface area contributed by atoms with E-state index in [1.807, 2.05) is 32.0 Å². The number of aromatic nitrogens is 6. The summed E-state index contributed by atoms with van der Waals surface area (Å²) in [4.78, 5) is 47.2. The number of nitrogens with two attached hydrogens (primary N) is 4. The Labute approximate surface area is 539 Å². The minimum absolute atomic E-state index is 0.0460. The highest BCUT2D eigenvalue weighted by Crippen LogP contribution is 2.38. The highest BCUT2D eigenvalue weighted by molar-refractivity contribution is 9.12. The second-order valence-corrected chi connectivity index (χ2v) is 28.1. The smallest absolute Gasteiger partial charge is 0.384 e. The summed E-state index contributed by atoms with van der Waals surface area (Å²) in [7, 11) is -10.5. The van der Waals surface area contributed by atoms with E-state index in [-0.39, 0.29) is 58.4 Å². The number of urea groups is 1. The van der Waals surface area contributed by atoms with Crippen LogP contribution in [-0.4, -0.2) is 71.5 Å². The van der Waals surface area contributed by atoms with E-state index in [2.05, 4.69) is 167 Å². The van der Waals surface area contributed by atoms with E-state index in [4.69, 9.17) is 22.3 Å². The Morgan fingerprint density at radius 1 is 0.675 bits per heavy atom. The Bertz CT molecular complexity index is 3920. The van der Waals surface area contributed by atoms with E-state index in [1.54, 1.807) is 43.6 Å². The molecule has 0 aliphatic carbocycles. The van der Waals surface area contributed by atoms with Crippen LogP contribution >= 0.6 is 127 Å². The molecule has 7 aromatic rings. The van der Waals surface area contributed by atoms with Crippen molar-refractivity contribution in [2.75, 3.05) is 37.3 Å². The third kappa shape index (κ3) is 20.3. The molecule has 14 N–H and O–H groups in total. The van der Waals surface area contributed by atoms with E-state index in [0.29, 0.717) is 57.8 Å². The number of amides is 2. The number of nitro groups is 2. The van der Waals surface area contributed by atoms with Gasteiger partial charge in [-0.15, -0.1) is 0 Å². The molecule has 0 fully saturated rings. The number of primary sulfonamides is 1. The largest absolute Gasteiger partial charge is 0.563 e. The average Bonchev–Trinajstić information content (AvgIpc) is 3.66. The highest BCUT2D eigenvalue weighted by Gasteiger charge is 2.35. The maximum atomic E-state index is 12.0. The predicted molar refractivity (Wildman–Crippen MR) is 335 cm³/mol. The molecule has 444 valence electrons. The molecule has 0 bridgehead atoms. The number of para-hydroxylation sites is 1. The van der Waals surface area contributed by atoms with E-state index >= 15 is 0 Å². The van der Waals surface area contributed by atoms with E-state index < -0.39 is 57.5 Å². The van der Waals surface area contributed by atoms with Crippen molar-refractivity contribution in [1.29, 1.82) is 0 Å². The fourth-order valence-corrected chi connectivity index (χ4v) is 14.7. The first-order chi connectivity index (χ1) is 38.4. The maximum absolute atomic E-state index is 12.0. The van der Waals surface area contributed by atoms with Crippen molar-refractivity contribution in [2.45, 2.75) is 38.0 Å². The number of carbonyl (C=O) groups excluding carboxylic acids is 1. The van der Waals surface area contributed by atoms with E-state index in [1.165, 1.54) is 18.6 Å². The van der Waals surface area contributed by atoms with Crippen molar-refractivity contribution in [3.63, 3.8) is 0 Å². The number of hydrogen-bond donors (Lipinski definition) is 10. The van der Waals surface area contributed by atoms with Gasteiger partial charge in [0.2, 0.25) is 42.5 Å². The van der Waals surface area contributed by atoms with Gasteiger partial charge in [0.05, 0.1) is 51.5 Å². The van der Waals surface area contributed by atoms with Crippen LogP contribution in [0.3, 0.4) is 0 Å². The molecule has 0 saturated heterocycles. The van der Waals surface area contributed by atoms with Crippen molar-refractivity contribution >= 4 is 216 Å². The normalized spacial score (nSPS) is 12.7. The third-order valence-corrected chi connectivity index (χ3v) is 19.6. The van der Waals surface area contributed by atoms with Crippen molar-refractivity contribution in [1.82, 2.24) is 19.9 Å². The zero-order valence-electron chi connectivity index (χ0n) is 42.1.